The van der Waals surface area contributed by atoms with Crippen LogP contribution in [0.3, 0.4) is 0 Å². The van der Waals surface area contributed by atoms with Crippen molar-refractivity contribution in [1.82, 2.24) is 0 Å². The first-order valence-electron chi connectivity index (χ1n) is 9.34. The van der Waals surface area contributed by atoms with E-state index in [0.29, 0.717) is 32.0 Å². The molecule has 0 spiro atoms. The van der Waals surface area contributed by atoms with Crippen LogP contribution in [0.15, 0.2) is 54.6 Å². The number of ketones is 1. The van der Waals surface area contributed by atoms with Crippen LogP contribution in [-0.2, 0) is 9.47 Å². The van der Waals surface area contributed by atoms with Gasteiger partial charge in [-0.15, -0.1) is 0 Å². The van der Waals surface area contributed by atoms with Gasteiger partial charge in [-0.1, -0.05) is 42.5 Å². The molecule has 0 aromatic heterocycles. The lowest BCUT2D eigenvalue weighted by molar-refractivity contribution is -0.107. The Bertz CT molecular complexity index is 611. The van der Waals surface area contributed by atoms with Crippen LogP contribution in [-0.4, -0.2) is 38.5 Å². The quantitative estimate of drug-likeness (QED) is 0.444. The van der Waals surface area contributed by atoms with Gasteiger partial charge in [0.1, 0.15) is 0 Å². The summed E-state index contributed by atoms with van der Waals surface area (Å²) in [5.41, 5.74) is 0.615. The van der Waals surface area contributed by atoms with Crippen LogP contribution < -0.4 is 9.47 Å². The van der Waals surface area contributed by atoms with Crippen LogP contribution in [0.1, 0.15) is 38.1 Å². The molecule has 2 rings (SSSR count). The highest BCUT2D eigenvalue weighted by molar-refractivity contribution is 5.98. The van der Waals surface area contributed by atoms with E-state index in [1.807, 2.05) is 70.2 Å². The Morgan fingerprint density at radius 2 is 1.15 bits per heavy atom. The average Bonchev–Trinajstić information content (AvgIpc) is 2.70. The standard InChI is InChI=1S/C12H16O3.C10H14O2/c1-3-14-12(15-4-2)11(13)10-8-6-5-7-9-10;1-3-11-9-7-5-6-8-10(9)12-4-2/h5-9,12H,3-4H2,1-2H3;5-8H,3-4H2,1-2H3. The van der Waals surface area contributed by atoms with Gasteiger partial charge in [0.05, 0.1) is 13.2 Å². The predicted molar refractivity (Wildman–Crippen MR) is 107 cm³/mol. The van der Waals surface area contributed by atoms with Crippen molar-refractivity contribution in [2.24, 2.45) is 0 Å². The van der Waals surface area contributed by atoms with Crippen LogP contribution in [0.4, 0.5) is 0 Å². The Balaban J connectivity index is 0.000000277. The maximum absolute atomic E-state index is 11.9. The molecule has 2 aromatic carbocycles. The summed E-state index contributed by atoms with van der Waals surface area (Å²) in [6, 6.07) is 16.7. The highest BCUT2D eigenvalue weighted by Gasteiger charge is 2.19. The molecule has 0 N–H and O–H groups in total. The molecule has 0 unspecified atom stereocenters. The van der Waals surface area contributed by atoms with E-state index in [1.165, 1.54) is 0 Å². The molecule has 0 aliphatic heterocycles. The number of para-hydroxylation sites is 2. The van der Waals surface area contributed by atoms with Crippen molar-refractivity contribution in [1.29, 1.82) is 0 Å². The first-order chi connectivity index (χ1) is 13.2. The van der Waals surface area contributed by atoms with Crippen LogP contribution >= 0.6 is 0 Å². The number of carbonyl (C=O) groups is 1. The van der Waals surface area contributed by atoms with Gasteiger partial charge in [0.25, 0.3) is 0 Å². The zero-order valence-corrected chi connectivity index (χ0v) is 16.6. The molecule has 27 heavy (non-hydrogen) atoms. The smallest absolute Gasteiger partial charge is 0.222 e. The molecule has 5 nitrogen and oxygen atoms in total. The van der Waals surface area contributed by atoms with E-state index in [9.17, 15) is 4.79 Å². The molecule has 0 atom stereocenters. The summed E-state index contributed by atoms with van der Waals surface area (Å²) >= 11 is 0. The molecule has 0 saturated heterocycles. The van der Waals surface area contributed by atoms with Crippen LogP contribution in [0.5, 0.6) is 11.5 Å². The first kappa shape index (κ1) is 22.7. The summed E-state index contributed by atoms with van der Waals surface area (Å²) in [7, 11) is 0. The molecule has 0 bridgehead atoms. The van der Waals surface area contributed by atoms with Gasteiger partial charge >= 0.3 is 0 Å². The van der Waals surface area contributed by atoms with E-state index in [0.717, 1.165) is 11.5 Å². The minimum absolute atomic E-state index is 0.126. The number of rotatable bonds is 10. The predicted octanol–water partition coefficient (Wildman–Crippen LogP) is 4.75. The molecular formula is C22H30O5. The summed E-state index contributed by atoms with van der Waals surface area (Å²) < 4.78 is 21.2. The number of ether oxygens (including phenoxy) is 4. The lowest BCUT2D eigenvalue weighted by Crippen LogP contribution is -2.27. The van der Waals surface area contributed by atoms with Crippen LogP contribution in [0, 0.1) is 0 Å². The molecule has 0 heterocycles. The SMILES string of the molecule is CCOC(OCC)C(=O)c1ccccc1.CCOc1ccccc1OCC. The molecule has 0 saturated carbocycles. The zero-order chi connectivity index (χ0) is 19.9. The summed E-state index contributed by atoms with van der Waals surface area (Å²) in [6.07, 6.45) is -0.776. The van der Waals surface area contributed by atoms with Gasteiger partial charge in [-0.3, -0.25) is 4.79 Å². The Morgan fingerprint density at radius 1 is 0.704 bits per heavy atom. The summed E-state index contributed by atoms with van der Waals surface area (Å²) in [5.74, 6) is 1.52. The number of benzene rings is 2. The van der Waals surface area contributed by atoms with Crippen LogP contribution in [0.25, 0.3) is 0 Å². The minimum Gasteiger partial charge on any atom is -0.490 e. The van der Waals surface area contributed by atoms with Crippen molar-refractivity contribution in [2.45, 2.75) is 34.0 Å². The second-order valence-corrected chi connectivity index (χ2v) is 5.29. The van der Waals surface area contributed by atoms with E-state index in [2.05, 4.69) is 0 Å². The summed E-state index contributed by atoms with van der Waals surface area (Å²) in [5, 5.41) is 0. The maximum atomic E-state index is 11.9. The van der Waals surface area contributed by atoms with E-state index < -0.39 is 6.29 Å². The monoisotopic (exact) mass is 374 g/mol. The van der Waals surface area contributed by atoms with Crippen molar-refractivity contribution in [3.05, 3.63) is 60.2 Å². The van der Waals surface area contributed by atoms with E-state index in [1.54, 1.807) is 12.1 Å². The van der Waals surface area contributed by atoms with Gasteiger partial charge in [0, 0.05) is 18.8 Å². The zero-order valence-electron chi connectivity index (χ0n) is 16.6. The number of hydrogen-bond donors (Lipinski definition) is 0. The second-order valence-electron chi connectivity index (χ2n) is 5.29. The molecule has 0 aliphatic rings. The Hall–Kier alpha value is -2.37. The van der Waals surface area contributed by atoms with Crippen molar-refractivity contribution in [3.63, 3.8) is 0 Å². The maximum Gasteiger partial charge on any atom is 0.222 e. The van der Waals surface area contributed by atoms with Crippen molar-refractivity contribution in [3.8, 4) is 11.5 Å². The molecule has 148 valence electrons. The highest BCUT2D eigenvalue weighted by atomic mass is 16.7. The third-order valence-corrected chi connectivity index (χ3v) is 3.36. The van der Waals surface area contributed by atoms with Gasteiger partial charge in [0.2, 0.25) is 12.1 Å². The molecule has 2 aromatic rings. The molecule has 0 aliphatic carbocycles. The fourth-order valence-corrected chi connectivity index (χ4v) is 2.24. The molecule has 0 radical (unpaired) electrons. The van der Waals surface area contributed by atoms with Crippen molar-refractivity contribution in [2.75, 3.05) is 26.4 Å². The minimum atomic E-state index is -0.776. The Morgan fingerprint density at radius 3 is 1.56 bits per heavy atom. The topological polar surface area (TPSA) is 54.0 Å². The largest absolute Gasteiger partial charge is 0.490 e. The number of Topliss-reactive ketones (excluding diaryl/α,β-unsaturated/α-hetero) is 1. The molecule has 0 fully saturated rings. The van der Waals surface area contributed by atoms with E-state index >= 15 is 0 Å². The highest BCUT2D eigenvalue weighted by Crippen LogP contribution is 2.25. The second kappa shape index (κ2) is 13.8. The van der Waals surface area contributed by atoms with Gasteiger partial charge in [0.15, 0.2) is 11.5 Å². The van der Waals surface area contributed by atoms with E-state index in [-0.39, 0.29) is 5.78 Å². The fraction of sp³-hybridized carbons (Fsp3) is 0.409. The third kappa shape index (κ3) is 8.24. The third-order valence-electron chi connectivity index (χ3n) is 3.36. The average molecular weight is 374 g/mol. The Kier molecular flexibility index (Phi) is 11.6. The van der Waals surface area contributed by atoms with Gasteiger partial charge in [-0.05, 0) is 39.8 Å². The molecular weight excluding hydrogens is 344 g/mol. The van der Waals surface area contributed by atoms with Crippen molar-refractivity contribution < 1.29 is 23.7 Å². The van der Waals surface area contributed by atoms with Gasteiger partial charge < -0.3 is 18.9 Å². The lowest BCUT2D eigenvalue weighted by Gasteiger charge is -2.15. The lowest BCUT2D eigenvalue weighted by atomic mass is 10.1. The normalized spacial score (nSPS) is 10.1. The van der Waals surface area contributed by atoms with Crippen LogP contribution in [0.2, 0.25) is 0 Å². The van der Waals surface area contributed by atoms with Gasteiger partial charge in [-0.25, -0.2) is 0 Å². The summed E-state index contributed by atoms with van der Waals surface area (Å²) in [4.78, 5) is 11.9. The van der Waals surface area contributed by atoms with E-state index in [4.69, 9.17) is 18.9 Å². The number of carbonyl (C=O) groups excluding carboxylic acids is 1. The van der Waals surface area contributed by atoms with Gasteiger partial charge in [-0.2, -0.15) is 0 Å². The number of hydrogen-bond acceptors (Lipinski definition) is 5. The first-order valence-corrected chi connectivity index (χ1v) is 9.34. The Labute approximate surface area is 162 Å². The fourth-order valence-electron chi connectivity index (χ4n) is 2.24. The molecule has 5 heteroatoms. The molecule has 0 amide bonds. The van der Waals surface area contributed by atoms with Crippen molar-refractivity contribution >= 4 is 5.78 Å². The summed E-state index contributed by atoms with van der Waals surface area (Å²) in [6.45, 7) is 9.86.